The zero-order valence-electron chi connectivity index (χ0n) is 16.4. The van der Waals surface area contributed by atoms with E-state index in [1.807, 2.05) is 29.3 Å². The van der Waals surface area contributed by atoms with E-state index in [0.717, 1.165) is 36.6 Å². The number of nitrogens with zero attached hydrogens (tertiary/aromatic N) is 3. The van der Waals surface area contributed by atoms with Gasteiger partial charge in [0.25, 0.3) is 5.91 Å². The van der Waals surface area contributed by atoms with Crippen molar-refractivity contribution in [2.75, 3.05) is 19.7 Å². The highest BCUT2D eigenvalue weighted by Gasteiger charge is 2.27. The molecule has 0 bridgehead atoms. The fourth-order valence-corrected chi connectivity index (χ4v) is 3.74. The number of imidazole rings is 1. The predicted molar refractivity (Wildman–Crippen MR) is 109 cm³/mol. The zero-order chi connectivity index (χ0) is 20.2. The highest BCUT2D eigenvalue weighted by molar-refractivity contribution is 5.78. The van der Waals surface area contributed by atoms with Gasteiger partial charge in [0.2, 0.25) is 0 Å². The summed E-state index contributed by atoms with van der Waals surface area (Å²) in [6.45, 7) is 4.30. The molecule has 2 heterocycles. The van der Waals surface area contributed by atoms with Crippen LogP contribution in [0.5, 0.6) is 5.75 Å². The molecule has 3 aromatic rings. The van der Waals surface area contributed by atoms with Crippen molar-refractivity contribution >= 4 is 5.91 Å². The molecule has 0 aliphatic carbocycles. The lowest BCUT2D eigenvalue weighted by molar-refractivity contribution is -0.132. The van der Waals surface area contributed by atoms with Crippen molar-refractivity contribution in [1.29, 1.82) is 0 Å². The number of hydrogen-bond donors (Lipinski definition) is 0. The monoisotopic (exact) mass is 393 g/mol. The summed E-state index contributed by atoms with van der Waals surface area (Å²) in [7, 11) is 0. The number of carbonyl (C=O) groups excluding carboxylic acids is 1. The summed E-state index contributed by atoms with van der Waals surface area (Å²) in [5.74, 6) is 1.47. The van der Waals surface area contributed by atoms with Crippen molar-refractivity contribution in [1.82, 2.24) is 14.5 Å². The molecule has 1 fully saturated rings. The molecule has 29 heavy (non-hydrogen) atoms. The summed E-state index contributed by atoms with van der Waals surface area (Å²) in [4.78, 5) is 18.9. The van der Waals surface area contributed by atoms with E-state index in [-0.39, 0.29) is 18.3 Å². The first-order valence-corrected chi connectivity index (χ1v) is 9.84. The van der Waals surface area contributed by atoms with Crippen LogP contribution in [0.15, 0.2) is 60.8 Å². The third kappa shape index (κ3) is 4.47. The molecule has 1 atom stereocenters. The number of rotatable bonds is 6. The van der Waals surface area contributed by atoms with Gasteiger partial charge in [-0.1, -0.05) is 30.3 Å². The molecule has 0 spiro atoms. The van der Waals surface area contributed by atoms with Gasteiger partial charge in [-0.15, -0.1) is 0 Å². The maximum Gasteiger partial charge on any atom is 0.260 e. The van der Waals surface area contributed by atoms with Gasteiger partial charge in [-0.2, -0.15) is 0 Å². The first-order valence-electron chi connectivity index (χ1n) is 9.84. The molecular formula is C23H24FN3O2. The highest BCUT2D eigenvalue weighted by atomic mass is 19.1. The first-order chi connectivity index (χ1) is 14.1. The van der Waals surface area contributed by atoms with Crippen molar-refractivity contribution in [2.45, 2.75) is 19.9 Å². The van der Waals surface area contributed by atoms with Crippen LogP contribution in [0, 0.1) is 18.7 Å². The fraction of sp³-hybridized carbons (Fsp3) is 0.304. The van der Waals surface area contributed by atoms with E-state index < -0.39 is 0 Å². The summed E-state index contributed by atoms with van der Waals surface area (Å²) in [5.41, 5.74) is 2.22. The van der Waals surface area contributed by atoms with Crippen LogP contribution in [0.3, 0.4) is 0 Å². The van der Waals surface area contributed by atoms with Crippen molar-refractivity contribution < 1.29 is 13.9 Å². The Bertz CT molecular complexity index is 970. The van der Waals surface area contributed by atoms with E-state index in [2.05, 4.69) is 28.6 Å². The van der Waals surface area contributed by atoms with Crippen LogP contribution in [0.1, 0.15) is 12.1 Å². The largest absolute Gasteiger partial charge is 0.484 e. The van der Waals surface area contributed by atoms with Crippen LogP contribution < -0.4 is 4.74 Å². The molecule has 4 rings (SSSR count). The highest BCUT2D eigenvalue weighted by Crippen LogP contribution is 2.24. The lowest BCUT2D eigenvalue weighted by Gasteiger charge is -2.18. The summed E-state index contributed by atoms with van der Waals surface area (Å²) < 4.78 is 20.7. The maximum atomic E-state index is 13.0. The van der Waals surface area contributed by atoms with Gasteiger partial charge in [0, 0.05) is 37.1 Å². The van der Waals surface area contributed by atoms with Crippen LogP contribution in [0.25, 0.3) is 11.4 Å². The third-order valence-corrected chi connectivity index (χ3v) is 5.34. The number of aromatic nitrogens is 2. The van der Waals surface area contributed by atoms with E-state index in [1.165, 1.54) is 24.3 Å². The van der Waals surface area contributed by atoms with Crippen LogP contribution >= 0.6 is 0 Å². The zero-order valence-corrected chi connectivity index (χ0v) is 16.4. The Labute approximate surface area is 169 Å². The SMILES string of the molecule is Cc1cnc(-c2ccccc2)n1CC1CCN(C(=O)COc2ccc(F)cc2)C1. The molecule has 0 saturated carbocycles. The van der Waals surface area contributed by atoms with Crippen LogP contribution in [0.4, 0.5) is 4.39 Å². The Hall–Kier alpha value is -3.15. The second kappa shape index (κ2) is 8.47. The second-order valence-corrected chi connectivity index (χ2v) is 7.44. The number of carbonyl (C=O) groups is 1. The quantitative estimate of drug-likeness (QED) is 0.638. The molecule has 1 saturated heterocycles. The molecule has 5 nitrogen and oxygen atoms in total. The minimum Gasteiger partial charge on any atom is -0.484 e. The Morgan fingerprint density at radius 2 is 1.93 bits per heavy atom. The molecule has 6 heteroatoms. The van der Waals surface area contributed by atoms with Crippen molar-refractivity contribution in [2.24, 2.45) is 5.92 Å². The lowest BCUT2D eigenvalue weighted by atomic mass is 10.1. The molecule has 1 aliphatic rings. The molecule has 1 aromatic heterocycles. The Morgan fingerprint density at radius 1 is 1.17 bits per heavy atom. The molecule has 0 radical (unpaired) electrons. The molecule has 150 valence electrons. The molecular weight excluding hydrogens is 369 g/mol. The lowest BCUT2D eigenvalue weighted by Crippen LogP contribution is -2.33. The molecule has 0 N–H and O–H groups in total. The average molecular weight is 393 g/mol. The number of likely N-dealkylation sites (tertiary alicyclic amines) is 1. The summed E-state index contributed by atoms with van der Waals surface area (Å²) >= 11 is 0. The van der Waals surface area contributed by atoms with Crippen molar-refractivity contribution in [3.8, 4) is 17.1 Å². The predicted octanol–water partition coefficient (Wildman–Crippen LogP) is 3.93. The van der Waals surface area contributed by atoms with Crippen LogP contribution in [0.2, 0.25) is 0 Å². The summed E-state index contributed by atoms with van der Waals surface area (Å²) in [6.07, 6.45) is 2.85. The Morgan fingerprint density at radius 3 is 2.69 bits per heavy atom. The molecule has 1 aliphatic heterocycles. The van der Waals surface area contributed by atoms with E-state index >= 15 is 0 Å². The third-order valence-electron chi connectivity index (χ3n) is 5.34. The standard InChI is InChI=1S/C23H24FN3O2/c1-17-13-25-23(19-5-3-2-4-6-19)27(17)15-18-11-12-26(14-18)22(28)16-29-21-9-7-20(24)8-10-21/h2-10,13,18H,11-12,14-16H2,1H3. The van der Waals surface area contributed by atoms with Gasteiger partial charge in [0.05, 0.1) is 0 Å². The maximum absolute atomic E-state index is 13.0. The van der Waals surface area contributed by atoms with Crippen LogP contribution in [-0.2, 0) is 11.3 Å². The van der Waals surface area contributed by atoms with Gasteiger partial charge < -0.3 is 14.2 Å². The van der Waals surface area contributed by atoms with Crippen molar-refractivity contribution in [3.63, 3.8) is 0 Å². The van der Waals surface area contributed by atoms with Gasteiger partial charge in [-0.05, 0) is 43.5 Å². The Balaban J connectivity index is 1.35. The molecule has 1 amide bonds. The summed E-state index contributed by atoms with van der Waals surface area (Å²) in [5, 5.41) is 0. The van der Waals surface area contributed by atoms with Crippen molar-refractivity contribution in [3.05, 3.63) is 72.3 Å². The van der Waals surface area contributed by atoms with Gasteiger partial charge in [-0.3, -0.25) is 4.79 Å². The number of ether oxygens (including phenoxy) is 1. The first kappa shape index (κ1) is 19.2. The number of benzene rings is 2. The molecule has 1 unspecified atom stereocenters. The average Bonchev–Trinajstić information content (AvgIpc) is 3.36. The van der Waals surface area contributed by atoms with E-state index in [0.29, 0.717) is 18.2 Å². The minimum atomic E-state index is -0.323. The fourth-order valence-electron chi connectivity index (χ4n) is 3.74. The molecule has 2 aromatic carbocycles. The number of amides is 1. The van der Waals surface area contributed by atoms with Gasteiger partial charge in [-0.25, -0.2) is 9.37 Å². The number of hydrogen-bond acceptors (Lipinski definition) is 3. The second-order valence-electron chi connectivity index (χ2n) is 7.44. The van der Waals surface area contributed by atoms with E-state index in [1.54, 1.807) is 0 Å². The van der Waals surface area contributed by atoms with E-state index in [9.17, 15) is 9.18 Å². The van der Waals surface area contributed by atoms with Gasteiger partial charge in [0.1, 0.15) is 17.4 Å². The summed E-state index contributed by atoms with van der Waals surface area (Å²) in [6, 6.07) is 15.9. The van der Waals surface area contributed by atoms with Gasteiger partial charge >= 0.3 is 0 Å². The smallest absolute Gasteiger partial charge is 0.260 e. The normalized spacial score (nSPS) is 16.2. The Kier molecular flexibility index (Phi) is 5.60. The number of aryl methyl sites for hydroxylation is 1. The number of halogens is 1. The minimum absolute atomic E-state index is 0.0300. The van der Waals surface area contributed by atoms with Gasteiger partial charge in [0.15, 0.2) is 6.61 Å². The van der Waals surface area contributed by atoms with E-state index in [4.69, 9.17) is 4.74 Å². The topological polar surface area (TPSA) is 47.4 Å². The van der Waals surface area contributed by atoms with Crippen LogP contribution in [-0.4, -0.2) is 40.1 Å².